The second-order valence-corrected chi connectivity index (χ2v) is 6.20. The molecule has 0 spiro atoms. The first-order valence-corrected chi connectivity index (χ1v) is 8.67. The molecule has 0 aliphatic carbocycles. The number of aromatic hydroxyl groups is 1. The SMILES string of the molecule is CCc1ccc(O)c(C(=O)Nc2ccc(F)c(NC(=O)c3ccoc3C)c2)c1. The number of hydrogen-bond acceptors (Lipinski definition) is 4. The minimum atomic E-state index is -0.650. The Morgan fingerprint density at radius 3 is 2.46 bits per heavy atom. The van der Waals surface area contributed by atoms with E-state index in [1.165, 1.54) is 30.5 Å². The molecule has 28 heavy (non-hydrogen) atoms. The van der Waals surface area contributed by atoms with E-state index in [4.69, 9.17) is 4.42 Å². The van der Waals surface area contributed by atoms with Crippen molar-refractivity contribution in [3.8, 4) is 5.75 Å². The highest BCUT2D eigenvalue weighted by Gasteiger charge is 2.16. The fraction of sp³-hybridized carbons (Fsp3) is 0.143. The van der Waals surface area contributed by atoms with Gasteiger partial charge in [-0.1, -0.05) is 13.0 Å². The average molecular weight is 382 g/mol. The summed E-state index contributed by atoms with van der Waals surface area (Å²) in [4.78, 5) is 24.7. The number of halogens is 1. The van der Waals surface area contributed by atoms with Crippen molar-refractivity contribution < 1.29 is 23.5 Å². The van der Waals surface area contributed by atoms with Gasteiger partial charge in [0.2, 0.25) is 0 Å². The topological polar surface area (TPSA) is 91.6 Å². The van der Waals surface area contributed by atoms with Crippen molar-refractivity contribution in [3.63, 3.8) is 0 Å². The van der Waals surface area contributed by atoms with Gasteiger partial charge in [0.15, 0.2) is 0 Å². The zero-order valence-corrected chi connectivity index (χ0v) is 15.4. The first-order valence-electron chi connectivity index (χ1n) is 8.67. The van der Waals surface area contributed by atoms with Gasteiger partial charge < -0.3 is 20.2 Å². The quantitative estimate of drug-likeness (QED) is 0.606. The van der Waals surface area contributed by atoms with Crippen LogP contribution in [0.4, 0.5) is 15.8 Å². The molecule has 0 saturated carbocycles. The molecule has 2 aromatic carbocycles. The van der Waals surface area contributed by atoms with Gasteiger partial charge >= 0.3 is 0 Å². The van der Waals surface area contributed by atoms with Crippen LogP contribution in [-0.4, -0.2) is 16.9 Å². The fourth-order valence-corrected chi connectivity index (χ4v) is 2.69. The first-order chi connectivity index (χ1) is 13.4. The van der Waals surface area contributed by atoms with Gasteiger partial charge in [-0.2, -0.15) is 0 Å². The number of phenolic OH excluding ortho intramolecular Hbond substituents is 1. The molecule has 3 N–H and O–H groups in total. The monoisotopic (exact) mass is 382 g/mol. The number of anilines is 2. The zero-order chi connectivity index (χ0) is 20.3. The molecule has 144 valence electrons. The highest BCUT2D eigenvalue weighted by molar-refractivity contribution is 6.07. The molecule has 1 heterocycles. The Balaban J connectivity index is 1.80. The lowest BCUT2D eigenvalue weighted by Gasteiger charge is -2.11. The van der Waals surface area contributed by atoms with E-state index in [1.54, 1.807) is 19.1 Å². The molecule has 3 rings (SSSR count). The number of benzene rings is 2. The lowest BCUT2D eigenvalue weighted by atomic mass is 10.1. The number of hydrogen-bond donors (Lipinski definition) is 3. The van der Waals surface area contributed by atoms with Crippen LogP contribution in [0.15, 0.2) is 53.1 Å². The number of furan rings is 1. The summed E-state index contributed by atoms with van der Waals surface area (Å²) in [6.45, 7) is 3.56. The maximum atomic E-state index is 14.1. The standard InChI is InChI=1S/C21H19FN2O4/c1-3-13-4-7-19(25)16(10-13)21(27)23-14-5-6-17(22)18(11-14)24-20(26)15-8-9-28-12(15)2/h4-11,25H,3H2,1-2H3,(H,23,27)(H,24,26). The van der Waals surface area contributed by atoms with E-state index in [-0.39, 0.29) is 28.3 Å². The van der Waals surface area contributed by atoms with Gasteiger partial charge in [-0.25, -0.2) is 4.39 Å². The van der Waals surface area contributed by atoms with Crippen molar-refractivity contribution in [2.75, 3.05) is 10.6 Å². The summed E-state index contributed by atoms with van der Waals surface area (Å²) >= 11 is 0. The Kier molecular flexibility index (Phi) is 5.44. The average Bonchev–Trinajstić information content (AvgIpc) is 3.10. The van der Waals surface area contributed by atoms with E-state index in [0.29, 0.717) is 12.2 Å². The van der Waals surface area contributed by atoms with Gasteiger partial charge in [0, 0.05) is 5.69 Å². The molecule has 3 aromatic rings. The maximum Gasteiger partial charge on any atom is 0.259 e. The van der Waals surface area contributed by atoms with Gasteiger partial charge in [-0.05, 0) is 55.3 Å². The molecule has 7 heteroatoms. The van der Waals surface area contributed by atoms with Crippen LogP contribution in [0, 0.1) is 12.7 Å². The third-order valence-electron chi connectivity index (χ3n) is 4.29. The Labute approximate surface area is 161 Å². The van der Waals surface area contributed by atoms with E-state index >= 15 is 0 Å². The Bertz CT molecular complexity index is 1040. The van der Waals surface area contributed by atoms with Crippen LogP contribution >= 0.6 is 0 Å². The number of aryl methyl sites for hydroxylation is 2. The van der Waals surface area contributed by atoms with Crippen molar-refractivity contribution in [3.05, 3.63) is 77.0 Å². The summed E-state index contributed by atoms with van der Waals surface area (Å²) in [6.07, 6.45) is 2.08. The van der Waals surface area contributed by atoms with Gasteiger partial charge in [0.05, 0.1) is 23.1 Å². The number of phenols is 1. The summed E-state index contributed by atoms with van der Waals surface area (Å²) in [5, 5.41) is 15.0. The molecule has 0 saturated heterocycles. The Morgan fingerprint density at radius 1 is 1.04 bits per heavy atom. The number of carbonyl (C=O) groups excluding carboxylic acids is 2. The first kappa shape index (κ1) is 19.2. The molecular formula is C21H19FN2O4. The Morgan fingerprint density at radius 2 is 1.79 bits per heavy atom. The third-order valence-corrected chi connectivity index (χ3v) is 4.29. The molecule has 0 atom stereocenters. The normalized spacial score (nSPS) is 10.5. The summed E-state index contributed by atoms with van der Waals surface area (Å²) in [7, 11) is 0. The fourth-order valence-electron chi connectivity index (χ4n) is 2.69. The van der Waals surface area contributed by atoms with Crippen molar-refractivity contribution in [1.29, 1.82) is 0 Å². The van der Waals surface area contributed by atoms with Crippen LogP contribution in [-0.2, 0) is 6.42 Å². The van der Waals surface area contributed by atoms with Crippen molar-refractivity contribution >= 4 is 23.2 Å². The van der Waals surface area contributed by atoms with E-state index in [0.717, 1.165) is 11.6 Å². The largest absolute Gasteiger partial charge is 0.507 e. The smallest absolute Gasteiger partial charge is 0.259 e. The molecule has 0 fully saturated rings. The molecule has 0 unspecified atom stereocenters. The third kappa shape index (κ3) is 4.03. The van der Waals surface area contributed by atoms with Crippen LogP contribution in [0.2, 0.25) is 0 Å². The van der Waals surface area contributed by atoms with E-state index in [9.17, 15) is 19.1 Å². The Hall–Kier alpha value is -3.61. The van der Waals surface area contributed by atoms with Gasteiger partial charge in [-0.15, -0.1) is 0 Å². The van der Waals surface area contributed by atoms with E-state index < -0.39 is 17.6 Å². The number of rotatable bonds is 5. The molecule has 6 nitrogen and oxygen atoms in total. The van der Waals surface area contributed by atoms with Gasteiger partial charge in [0.1, 0.15) is 17.3 Å². The number of amides is 2. The van der Waals surface area contributed by atoms with E-state index in [1.807, 2.05) is 6.92 Å². The van der Waals surface area contributed by atoms with Crippen molar-refractivity contribution in [2.24, 2.45) is 0 Å². The molecular weight excluding hydrogens is 363 g/mol. The highest BCUT2D eigenvalue weighted by Crippen LogP contribution is 2.24. The van der Waals surface area contributed by atoms with Crippen LogP contribution in [0.5, 0.6) is 5.75 Å². The summed E-state index contributed by atoms with van der Waals surface area (Å²) in [5.74, 6) is -1.46. The van der Waals surface area contributed by atoms with Gasteiger partial charge in [-0.3, -0.25) is 9.59 Å². The summed E-state index contributed by atoms with van der Waals surface area (Å²) < 4.78 is 19.2. The van der Waals surface area contributed by atoms with Crippen LogP contribution in [0.25, 0.3) is 0 Å². The second kappa shape index (κ2) is 7.96. The molecule has 2 amide bonds. The van der Waals surface area contributed by atoms with Gasteiger partial charge in [0.25, 0.3) is 11.8 Å². The van der Waals surface area contributed by atoms with Crippen LogP contribution < -0.4 is 10.6 Å². The maximum absolute atomic E-state index is 14.1. The van der Waals surface area contributed by atoms with Crippen molar-refractivity contribution in [1.82, 2.24) is 0 Å². The highest BCUT2D eigenvalue weighted by atomic mass is 19.1. The summed E-state index contributed by atoms with van der Waals surface area (Å²) in [5.41, 5.74) is 1.48. The van der Waals surface area contributed by atoms with Crippen LogP contribution in [0.3, 0.4) is 0 Å². The molecule has 0 bridgehead atoms. The second-order valence-electron chi connectivity index (χ2n) is 6.20. The van der Waals surface area contributed by atoms with Crippen LogP contribution in [0.1, 0.15) is 39.0 Å². The lowest BCUT2D eigenvalue weighted by molar-refractivity contribution is 0.101. The van der Waals surface area contributed by atoms with Crippen molar-refractivity contribution in [2.45, 2.75) is 20.3 Å². The number of nitrogens with one attached hydrogen (secondary N) is 2. The predicted molar refractivity (Wildman–Crippen MR) is 103 cm³/mol. The number of carbonyl (C=O) groups is 2. The molecule has 0 radical (unpaired) electrons. The molecule has 1 aromatic heterocycles. The lowest BCUT2D eigenvalue weighted by Crippen LogP contribution is -2.15. The minimum absolute atomic E-state index is 0.0880. The summed E-state index contributed by atoms with van der Waals surface area (Å²) in [6, 6.07) is 10.1. The molecule has 0 aliphatic rings. The van der Waals surface area contributed by atoms with E-state index in [2.05, 4.69) is 10.6 Å². The zero-order valence-electron chi connectivity index (χ0n) is 15.4. The minimum Gasteiger partial charge on any atom is -0.507 e. The molecule has 0 aliphatic heterocycles. The predicted octanol–water partition coefficient (Wildman–Crippen LogP) is 4.50.